The van der Waals surface area contributed by atoms with Crippen molar-refractivity contribution >= 4 is 43.1 Å². The number of benzene rings is 4. The lowest BCUT2D eigenvalue weighted by Crippen LogP contribution is -2.39. The van der Waals surface area contributed by atoms with Crippen LogP contribution >= 0.6 is 0 Å². The summed E-state index contributed by atoms with van der Waals surface area (Å²) in [6.07, 6.45) is -8.07. The molecule has 5 rings (SSSR count). The highest BCUT2D eigenvalue weighted by atomic mass is 32.2. The molecule has 0 aliphatic carbocycles. The molecular formula is C37H33F8N5O9S2. The molecule has 0 aliphatic rings. The van der Waals surface area contributed by atoms with Crippen LogP contribution in [0.5, 0.6) is 11.5 Å². The smallest absolute Gasteiger partial charge is 0.471 e. The van der Waals surface area contributed by atoms with Crippen molar-refractivity contribution in [1.82, 2.24) is 15.5 Å². The molecule has 328 valence electrons. The average Bonchev–Trinajstić information content (AvgIpc) is 3.69. The normalized spacial score (nSPS) is 11.9. The Kier molecular flexibility index (Phi) is 14.7. The molecule has 1 amide bonds. The summed E-state index contributed by atoms with van der Waals surface area (Å²) in [6, 6.07) is 18.7. The molecule has 0 radical (unpaired) electrons. The fourth-order valence-corrected chi connectivity index (χ4v) is 6.86. The van der Waals surface area contributed by atoms with Gasteiger partial charge in [-0.1, -0.05) is 30.3 Å². The number of anilines is 2. The molecule has 0 atom stereocenters. The molecule has 1 heterocycles. The summed E-state index contributed by atoms with van der Waals surface area (Å²) in [6.45, 7) is -1.73. The Morgan fingerprint density at radius 3 is 1.61 bits per heavy atom. The number of rotatable bonds is 14. The zero-order valence-electron chi connectivity index (χ0n) is 32.0. The second-order valence-corrected chi connectivity index (χ2v) is 16.4. The Balaban J connectivity index is 0.000000269. The number of Topliss-reactive ketones (excluding diaryl/α,β-unsaturated/α-hetero) is 1. The Labute approximate surface area is 342 Å². The molecule has 0 spiro atoms. The van der Waals surface area contributed by atoms with E-state index in [1.54, 1.807) is 24.3 Å². The number of sulfonamides is 2. The van der Waals surface area contributed by atoms with Gasteiger partial charge in [0.05, 0.1) is 57.7 Å². The predicted octanol–water partition coefficient (Wildman–Crippen LogP) is 6.53. The summed E-state index contributed by atoms with van der Waals surface area (Å²) in [5.74, 6) is -6.30. The van der Waals surface area contributed by atoms with Crippen LogP contribution in [0.3, 0.4) is 0 Å². The van der Waals surface area contributed by atoms with E-state index in [-0.39, 0.29) is 40.2 Å². The molecule has 0 unspecified atom stereocenters. The Bertz CT molecular complexity index is 2610. The number of nitrogens with zero attached hydrogens (tertiary/aromatic N) is 4. The van der Waals surface area contributed by atoms with E-state index in [0.29, 0.717) is 11.5 Å². The van der Waals surface area contributed by atoms with Crippen LogP contribution in [0.2, 0.25) is 0 Å². The van der Waals surface area contributed by atoms with Crippen molar-refractivity contribution in [2.45, 2.75) is 25.4 Å². The van der Waals surface area contributed by atoms with Crippen molar-refractivity contribution in [3.63, 3.8) is 0 Å². The maximum atomic E-state index is 14.6. The lowest BCUT2D eigenvalue weighted by atomic mass is 10.1. The first kappa shape index (κ1) is 47.4. The van der Waals surface area contributed by atoms with Gasteiger partial charge < -0.3 is 19.2 Å². The minimum absolute atomic E-state index is 0.0115. The number of ketones is 1. The second kappa shape index (κ2) is 19.0. The van der Waals surface area contributed by atoms with Crippen LogP contribution in [0.1, 0.15) is 27.4 Å². The largest absolute Gasteiger partial charge is 0.497 e. The lowest BCUT2D eigenvalue weighted by Gasteiger charge is -2.23. The summed E-state index contributed by atoms with van der Waals surface area (Å²) in [5, 5.41) is 7.56. The molecule has 5 aromatic rings. The standard InChI is InChI=1S/C19H18F4N2O5S.C18H15F4N3O4S/c1-30-15-5-3-4-14(9-15)25(31(2,28)29)11-13-7-6-12(8-16(13)20)17(26)10-24-18(27)19(21,22)23;1-28-14-5-3-4-13(9-14)25(30(2,26)27)10-12-7-6-11(8-15(12)19)16-23-24-17(29-16)18(20,21)22/h3-9H,10-11H2,1-2H3,(H,24,27);3-9H,10H2,1-2H3. The fraction of sp³-hybridized carbons (Fsp3) is 0.243. The summed E-state index contributed by atoms with van der Waals surface area (Å²) in [7, 11) is -4.79. The zero-order valence-corrected chi connectivity index (χ0v) is 33.6. The van der Waals surface area contributed by atoms with E-state index < -0.39 is 80.6 Å². The number of aromatic nitrogens is 2. The van der Waals surface area contributed by atoms with E-state index >= 15 is 0 Å². The molecule has 14 nitrogen and oxygen atoms in total. The zero-order chi connectivity index (χ0) is 45.5. The summed E-state index contributed by atoms with van der Waals surface area (Å²) in [4.78, 5) is 22.7. The Morgan fingerprint density at radius 1 is 0.705 bits per heavy atom. The molecule has 1 aromatic heterocycles. The van der Waals surface area contributed by atoms with Gasteiger partial charge in [-0.15, -0.1) is 10.2 Å². The number of hydrogen-bond acceptors (Lipinski definition) is 11. The van der Waals surface area contributed by atoms with Crippen molar-refractivity contribution in [1.29, 1.82) is 0 Å². The molecule has 0 bridgehead atoms. The van der Waals surface area contributed by atoms with Crippen LogP contribution in [0.15, 0.2) is 89.3 Å². The van der Waals surface area contributed by atoms with Crippen molar-refractivity contribution in [3.05, 3.63) is 119 Å². The molecule has 4 aromatic carbocycles. The van der Waals surface area contributed by atoms with E-state index in [9.17, 15) is 61.5 Å². The number of carbonyl (C=O) groups excluding carboxylic acids is 2. The summed E-state index contributed by atoms with van der Waals surface area (Å²) in [5.41, 5.74) is 0.0255. The maximum absolute atomic E-state index is 14.6. The molecule has 0 fully saturated rings. The number of nitrogens with one attached hydrogen (secondary N) is 1. The van der Waals surface area contributed by atoms with Gasteiger partial charge in [0, 0.05) is 34.4 Å². The van der Waals surface area contributed by atoms with Gasteiger partial charge in [-0.25, -0.2) is 25.6 Å². The Hall–Kier alpha value is -6.30. The van der Waals surface area contributed by atoms with E-state index in [1.807, 2.05) is 0 Å². The Morgan fingerprint density at radius 2 is 1.20 bits per heavy atom. The van der Waals surface area contributed by atoms with Gasteiger partial charge in [-0.05, 0) is 42.5 Å². The number of ether oxygens (including phenoxy) is 2. The van der Waals surface area contributed by atoms with E-state index in [0.717, 1.165) is 45.4 Å². The van der Waals surface area contributed by atoms with Crippen LogP contribution in [0.25, 0.3) is 11.5 Å². The highest BCUT2D eigenvalue weighted by molar-refractivity contribution is 7.92. The van der Waals surface area contributed by atoms with Crippen molar-refractivity contribution < 1.29 is 75.4 Å². The first-order valence-corrected chi connectivity index (χ1v) is 20.6. The van der Waals surface area contributed by atoms with Crippen molar-refractivity contribution in [3.8, 4) is 23.0 Å². The molecule has 1 N–H and O–H groups in total. The van der Waals surface area contributed by atoms with Crippen LogP contribution in [-0.2, 0) is 44.1 Å². The van der Waals surface area contributed by atoms with Gasteiger partial charge in [0.2, 0.25) is 25.9 Å². The maximum Gasteiger partial charge on any atom is 0.471 e. The van der Waals surface area contributed by atoms with E-state index in [2.05, 4.69) is 14.6 Å². The topological polar surface area (TPSA) is 178 Å². The number of methoxy groups -OCH3 is 2. The summed E-state index contributed by atoms with van der Waals surface area (Å²) < 4.78 is 169. The monoisotopic (exact) mass is 907 g/mol. The first-order chi connectivity index (χ1) is 28.3. The van der Waals surface area contributed by atoms with Gasteiger partial charge >= 0.3 is 24.2 Å². The van der Waals surface area contributed by atoms with Gasteiger partial charge in [0.25, 0.3) is 0 Å². The van der Waals surface area contributed by atoms with Crippen LogP contribution in [-0.4, -0.2) is 78.2 Å². The highest BCUT2D eigenvalue weighted by Crippen LogP contribution is 2.32. The first-order valence-electron chi connectivity index (χ1n) is 16.9. The highest BCUT2D eigenvalue weighted by Gasteiger charge is 2.39. The predicted molar refractivity (Wildman–Crippen MR) is 203 cm³/mol. The van der Waals surface area contributed by atoms with Crippen LogP contribution < -0.4 is 23.4 Å². The van der Waals surface area contributed by atoms with Gasteiger partial charge in [-0.2, -0.15) is 26.3 Å². The van der Waals surface area contributed by atoms with Crippen LogP contribution in [0.4, 0.5) is 46.5 Å². The van der Waals surface area contributed by atoms with E-state index in [1.165, 1.54) is 55.9 Å². The van der Waals surface area contributed by atoms with E-state index in [4.69, 9.17) is 9.47 Å². The number of amides is 1. The molecule has 24 heteroatoms. The second-order valence-electron chi connectivity index (χ2n) is 12.6. The molecule has 61 heavy (non-hydrogen) atoms. The third-order valence-electron chi connectivity index (χ3n) is 8.12. The average molecular weight is 908 g/mol. The summed E-state index contributed by atoms with van der Waals surface area (Å²) >= 11 is 0. The quantitative estimate of drug-likeness (QED) is 0.0947. The van der Waals surface area contributed by atoms with Gasteiger partial charge in [0.15, 0.2) is 5.78 Å². The lowest BCUT2D eigenvalue weighted by molar-refractivity contribution is -0.173. The molecule has 0 aliphatic heterocycles. The SMILES string of the molecule is COc1cccc(N(Cc2ccc(-c3nnc(C(F)(F)F)o3)cc2F)S(C)(=O)=O)c1.COc1cccc(N(Cc2ccc(C(=O)CNC(=O)C(F)(F)F)cc2F)S(C)(=O)=O)c1. The minimum Gasteiger partial charge on any atom is -0.497 e. The number of carbonyl (C=O) groups is 2. The third kappa shape index (κ3) is 12.8. The third-order valence-corrected chi connectivity index (χ3v) is 10.4. The number of alkyl halides is 6. The molecular weight excluding hydrogens is 875 g/mol. The van der Waals surface area contributed by atoms with Gasteiger partial charge in [0.1, 0.15) is 23.1 Å². The van der Waals surface area contributed by atoms with Gasteiger partial charge in [-0.3, -0.25) is 18.2 Å². The number of hydrogen-bond donors (Lipinski definition) is 1. The van der Waals surface area contributed by atoms with Crippen LogP contribution in [0, 0.1) is 11.6 Å². The van der Waals surface area contributed by atoms with Crippen molar-refractivity contribution in [2.75, 3.05) is 41.9 Å². The fourth-order valence-electron chi connectivity index (χ4n) is 5.12. The molecule has 0 saturated heterocycles. The molecule has 0 saturated carbocycles. The number of halogens is 8. The van der Waals surface area contributed by atoms with Crippen molar-refractivity contribution in [2.24, 2.45) is 0 Å². The minimum atomic E-state index is -5.15.